The van der Waals surface area contributed by atoms with Crippen molar-refractivity contribution in [1.29, 1.82) is 0 Å². The molecule has 4 rings (SSSR count). The maximum absolute atomic E-state index is 13.6. The molecule has 2 bridgehead atoms. The molecule has 1 heterocycles. The van der Waals surface area contributed by atoms with Crippen LogP contribution in [0.25, 0.3) is 0 Å². The highest BCUT2D eigenvalue weighted by Gasteiger charge is 2.42. The lowest BCUT2D eigenvalue weighted by molar-refractivity contribution is 0.0882. The summed E-state index contributed by atoms with van der Waals surface area (Å²) in [7, 11) is 0. The van der Waals surface area contributed by atoms with Gasteiger partial charge in [0.25, 0.3) is 5.91 Å². The minimum absolute atomic E-state index is 0.0149. The van der Waals surface area contributed by atoms with Gasteiger partial charge >= 0.3 is 0 Å². The lowest BCUT2D eigenvalue weighted by Crippen LogP contribution is -2.40. The molecule has 0 radical (unpaired) electrons. The Bertz CT molecular complexity index is 903. The first kappa shape index (κ1) is 19.8. The summed E-state index contributed by atoms with van der Waals surface area (Å²) >= 11 is 0. The summed E-state index contributed by atoms with van der Waals surface area (Å²) in [6.45, 7) is 1.49. The van der Waals surface area contributed by atoms with Crippen LogP contribution in [0.2, 0.25) is 0 Å². The van der Waals surface area contributed by atoms with Crippen molar-refractivity contribution in [2.75, 3.05) is 0 Å². The van der Waals surface area contributed by atoms with E-state index in [2.05, 4.69) is 5.32 Å². The number of carbonyl (C=O) groups excluding carboxylic acids is 1. The molecule has 2 aliphatic rings. The number of benzene rings is 1. The lowest BCUT2D eigenvalue weighted by Gasteiger charge is -2.28. The zero-order chi connectivity index (χ0) is 20.7. The molecule has 4 nitrogen and oxygen atoms in total. The summed E-state index contributed by atoms with van der Waals surface area (Å²) < 4.78 is 63.9. The van der Waals surface area contributed by atoms with E-state index in [1.807, 2.05) is 6.92 Å². The van der Waals surface area contributed by atoms with Crippen molar-refractivity contribution in [1.82, 2.24) is 5.32 Å². The molecule has 0 saturated heterocycles. The maximum atomic E-state index is 13.6. The smallest absolute Gasteiger partial charge is 0.287 e. The Labute approximate surface area is 165 Å². The third-order valence-corrected chi connectivity index (χ3v) is 6.11. The van der Waals surface area contributed by atoms with E-state index < -0.39 is 35.6 Å². The second-order valence-corrected chi connectivity index (χ2v) is 7.95. The van der Waals surface area contributed by atoms with Crippen molar-refractivity contribution in [2.24, 2.45) is 17.8 Å². The van der Waals surface area contributed by atoms with Gasteiger partial charge in [-0.3, -0.25) is 4.79 Å². The van der Waals surface area contributed by atoms with E-state index in [9.17, 15) is 22.4 Å². The summed E-state index contributed by atoms with van der Waals surface area (Å²) in [6, 6.07) is 2.94. The first-order valence-corrected chi connectivity index (χ1v) is 9.68. The van der Waals surface area contributed by atoms with Crippen LogP contribution in [-0.2, 0) is 6.61 Å². The molecule has 4 unspecified atom stereocenters. The highest BCUT2D eigenvalue weighted by Crippen LogP contribution is 2.49. The molecular weight excluding hydrogens is 390 g/mol. The largest absolute Gasteiger partial charge is 0.479 e. The van der Waals surface area contributed by atoms with Gasteiger partial charge in [-0.1, -0.05) is 6.42 Å². The second kappa shape index (κ2) is 7.72. The average Bonchev–Trinajstić information content (AvgIpc) is 3.43. The van der Waals surface area contributed by atoms with Crippen molar-refractivity contribution in [3.05, 3.63) is 53.0 Å². The van der Waals surface area contributed by atoms with E-state index in [0.717, 1.165) is 12.3 Å². The molecule has 156 valence electrons. The number of fused-ring (bicyclic) bond motifs is 2. The van der Waals surface area contributed by atoms with Gasteiger partial charge in [0.2, 0.25) is 11.6 Å². The van der Waals surface area contributed by atoms with Gasteiger partial charge in [0, 0.05) is 12.1 Å². The quantitative estimate of drug-likeness (QED) is 0.539. The molecule has 2 saturated carbocycles. The summed E-state index contributed by atoms with van der Waals surface area (Å²) in [6.07, 6.45) is 4.86. The minimum atomic E-state index is -1.63. The average molecular weight is 411 g/mol. The lowest BCUT2D eigenvalue weighted by atomic mass is 9.84. The third-order valence-electron chi connectivity index (χ3n) is 6.11. The number of halogens is 4. The molecule has 0 spiro atoms. The number of amides is 1. The van der Waals surface area contributed by atoms with Gasteiger partial charge in [-0.25, -0.2) is 8.78 Å². The highest BCUT2D eigenvalue weighted by atomic mass is 19.2. The number of nitrogens with one attached hydrogen (secondary N) is 1. The number of hydrogen-bond acceptors (Lipinski definition) is 3. The molecule has 2 fully saturated rings. The summed E-state index contributed by atoms with van der Waals surface area (Å²) in [5.41, 5.74) is 0. The summed E-state index contributed by atoms with van der Waals surface area (Å²) in [4.78, 5) is 12.4. The van der Waals surface area contributed by atoms with Gasteiger partial charge in [-0.2, -0.15) is 8.78 Å². The summed E-state index contributed by atoms with van der Waals surface area (Å²) in [5.74, 6) is -5.93. The Morgan fingerprint density at radius 2 is 1.90 bits per heavy atom. The number of hydrogen-bond donors (Lipinski definition) is 1. The number of carbonyl (C=O) groups is 1. The van der Waals surface area contributed by atoms with Crippen LogP contribution >= 0.6 is 0 Å². The van der Waals surface area contributed by atoms with Gasteiger partial charge in [0.15, 0.2) is 23.1 Å². The highest BCUT2D eigenvalue weighted by molar-refractivity contribution is 5.91. The maximum Gasteiger partial charge on any atom is 0.287 e. The number of furan rings is 1. The monoisotopic (exact) mass is 411 g/mol. The Hall–Kier alpha value is -2.51. The first-order valence-electron chi connectivity index (χ1n) is 9.68. The Balaban J connectivity index is 1.37. The van der Waals surface area contributed by atoms with Crippen molar-refractivity contribution in [2.45, 2.75) is 45.3 Å². The zero-order valence-electron chi connectivity index (χ0n) is 15.8. The van der Waals surface area contributed by atoms with Gasteiger partial charge < -0.3 is 14.5 Å². The fourth-order valence-electron chi connectivity index (χ4n) is 4.69. The Kier molecular flexibility index (Phi) is 5.27. The minimum Gasteiger partial charge on any atom is -0.479 e. The molecule has 1 aromatic carbocycles. The van der Waals surface area contributed by atoms with Gasteiger partial charge in [-0.15, -0.1) is 0 Å². The first-order chi connectivity index (χ1) is 13.8. The Morgan fingerprint density at radius 1 is 1.17 bits per heavy atom. The second-order valence-electron chi connectivity index (χ2n) is 7.95. The SMILES string of the molecule is CC(NC(=O)c1ccc(COc2c(F)c(F)cc(F)c2F)o1)C1CC2CCC1C2. The fraction of sp³-hybridized carbons (Fsp3) is 0.476. The predicted molar refractivity (Wildman–Crippen MR) is 95.2 cm³/mol. The molecule has 0 aliphatic heterocycles. The molecule has 1 aromatic heterocycles. The van der Waals surface area contributed by atoms with Crippen molar-refractivity contribution in [3.8, 4) is 5.75 Å². The topological polar surface area (TPSA) is 51.5 Å². The van der Waals surface area contributed by atoms with E-state index in [0.29, 0.717) is 11.8 Å². The molecular formula is C21H21F4NO3. The van der Waals surface area contributed by atoms with Crippen LogP contribution in [0.4, 0.5) is 17.6 Å². The van der Waals surface area contributed by atoms with Crippen molar-refractivity contribution in [3.63, 3.8) is 0 Å². The van der Waals surface area contributed by atoms with E-state index in [-0.39, 0.29) is 29.5 Å². The Morgan fingerprint density at radius 3 is 2.52 bits per heavy atom. The molecule has 4 atom stereocenters. The van der Waals surface area contributed by atoms with Crippen LogP contribution in [0, 0.1) is 41.0 Å². The molecule has 29 heavy (non-hydrogen) atoms. The predicted octanol–water partition coefficient (Wildman–Crippen LogP) is 4.97. The van der Waals surface area contributed by atoms with Crippen LogP contribution < -0.4 is 10.1 Å². The number of rotatable bonds is 6. The van der Waals surface area contributed by atoms with Gasteiger partial charge in [0.1, 0.15) is 12.4 Å². The van der Waals surface area contributed by atoms with E-state index in [1.54, 1.807) is 0 Å². The summed E-state index contributed by atoms with van der Waals surface area (Å²) in [5, 5.41) is 2.95. The number of ether oxygens (including phenoxy) is 1. The third kappa shape index (κ3) is 3.84. The van der Waals surface area contributed by atoms with Crippen LogP contribution in [0.3, 0.4) is 0 Å². The molecule has 1 amide bonds. The standard InChI is InChI=1S/C21H21F4NO3/c1-10(14-7-11-2-3-12(14)6-11)26-21(27)17-5-4-13(29-17)9-28-20-18(24)15(22)8-16(23)19(20)25/h4-5,8,10-12,14H,2-3,6-7,9H2,1H3,(H,26,27). The molecule has 2 aromatic rings. The van der Waals surface area contributed by atoms with Crippen molar-refractivity contribution < 1.29 is 31.5 Å². The van der Waals surface area contributed by atoms with Crippen LogP contribution in [0.1, 0.15) is 48.9 Å². The normalized spacial score (nSPS) is 24.0. The van der Waals surface area contributed by atoms with E-state index >= 15 is 0 Å². The van der Waals surface area contributed by atoms with E-state index in [4.69, 9.17) is 9.15 Å². The van der Waals surface area contributed by atoms with Crippen LogP contribution in [-0.4, -0.2) is 11.9 Å². The molecule has 1 N–H and O–H groups in total. The fourth-order valence-corrected chi connectivity index (χ4v) is 4.69. The van der Waals surface area contributed by atoms with Crippen molar-refractivity contribution >= 4 is 5.91 Å². The zero-order valence-corrected chi connectivity index (χ0v) is 15.8. The van der Waals surface area contributed by atoms with Gasteiger partial charge in [0.05, 0.1) is 0 Å². The van der Waals surface area contributed by atoms with E-state index in [1.165, 1.54) is 31.4 Å². The molecule has 2 aliphatic carbocycles. The van der Waals surface area contributed by atoms with Crippen LogP contribution in [0.15, 0.2) is 22.6 Å². The molecule has 8 heteroatoms. The van der Waals surface area contributed by atoms with Gasteiger partial charge in [-0.05, 0) is 56.1 Å². The van der Waals surface area contributed by atoms with Crippen LogP contribution in [0.5, 0.6) is 5.75 Å².